The number of aromatic nitrogens is 2. The molecule has 0 saturated carbocycles. The summed E-state index contributed by atoms with van der Waals surface area (Å²) in [7, 11) is 0. The molecular formula is C16H22N4O2. The Morgan fingerprint density at radius 3 is 2.91 bits per heavy atom. The lowest BCUT2D eigenvalue weighted by Gasteiger charge is -2.25. The SMILES string of the molecule is NCc1nc(CN2CCCC2CC(O)c2ccccc2)no1. The maximum absolute atomic E-state index is 10.4. The van der Waals surface area contributed by atoms with Crippen molar-refractivity contribution in [3.8, 4) is 0 Å². The summed E-state index contributed by atoms with van der Waals surface area (Å²) in [5, 5.41) is 14.4. The fraction of sp³-hybridized carbons (Fsp3) is 0.500. The summed E-state index contributed by atoms with van der Waals surface area (Å²) >= 11 is 0. The van der Waals surface area contributed by atoms with Crippen LogP contribution < -0.4 is 5.73 Å². The van der Waals surface area contributed by atoms with Crippen LogP contribution in [0.2, 0.25) is 0 Å². The van der Waals surface area contributed by atoms with Gasteiger partial charge in [0.1, 0.15) is 0 Å². The number of likely N-dealkylation sites (tertiary alicyclic amines) is 1. The van der Waals surface area contributed by atoms with Gasteiger partial charge in [-0.15, -0.1) is 0 Å². The summed E-state index contributed by atoms with van der Waals surface area (Å²) < 4.78 is 5.05. The maximum atomic E-state index is 10.4. The first-order chi connectivity index (χ1) is 10.8. The molecule has 1 aliphatic heterocycles. The summed E-state index contributed by atoms with van der Waals surface area (Å²) in [6, 6.07) is 10.2. The molecule has 1 aromatic heterocycles. The smallest absolute Gasteiger partial charge is 0.240 e. The lowest BCUT2D eigenvalue weighted by atomic mass is 10.0. The van der Waals surface area contributed by atoms with Crippen molar-refractivity contribution in [2.24, 2.45) is 5.73 Å². The minimum Gasteiger partial charge on any atom is -0.388 e. The van der Waals surface area contributed by atoms with Crippen LogP contribution in [-0.4, -0.2) is 32.7 Å². The molecule has 1 aliphatic rings. The number of benzene rings is 1. The third kappa shape index (κ3) is 3.52. The van der Waals surface area contributed by atoms with Gasteiger partial charge in [-0.2, -0.15) is 4.98 Å². The first kappa shape index (κ1) is 15.1. The Bertz CT molecular complexity index is 587. The quantitative estimate of drug-likeness (QED) is 0.843. The number of nitrogens with zero attached hydrogens (tertiary/aromatic N) is 3. The molecule has 3 rings (SSSR count). The van der Waals surface area contributed by atoms with Gasteiger partial charge >= 0.3 is 0 Å². The molecule has 1 aromatic carbocycles. The van der Waals surface area contributed by atoms with E-state index in [1.807, 2.05) is 30.3 Å². The Balaban J connectivity index is 1.60. The van der Waals surface area contributed by atoms with E-state index in [4.69, 9.17) is 10.3 Å². The van der Waals surface area contributed by atoms with Gasteiger partial charge < -0.3 is 15.4 Å². The summed E-state index contributed by atoms with van der Waals surface area (Å²) in [4.78, 5) is 6.57. The van der Waals surface area contributed by atoms with E-state index in [9.17, 15) is 5.11 Å². The number of hydrogen-bond acceptors (Lipinski definition) is 6. The second-order valence-electron chi connectivity index (χ2n) is 5.74. The van der Waals surface area contributed by atoms with Crippen LogP contribution in [0.4, 0.5) is 0 Å². The molecule has 6 nitrogen and oxygen atoms in total. The number of aliphatic hydroxyl groups is 1. The Labute approximate surface area is 129 Å². The maximum Gasteiger partial charge on any atom is 0.240 e. The highest BCUT2D eigenvalue weighted by Gasteiger charge is 2.28. The second kappa shape index (κ2) is 7.00. The van der Waals surface area contributed by atoms with Gasteiger partial charge in [0.15, 0.2) is 5.82 Å². The van der Waals surface area contributed by atoms with Crippen LogP contribution in [0.25, 0.3) is 0 Å². The van der Waals surface area contributed by atoms with Crippen molar-refractivity contribution in [2.75, 3.05) is 6.54 Å². The van der Waals surface area contributed by atoms with Crippen LogP contribution in [0.3, 0.4) is 0 Å². The second-order valence-corrected chi connectivity index (χ2v) is 5.74. The molecule has 0 radical (unpaired) electrons. The number of rotatable bonds is 6. The zero-order chi connectivity index (χ0) is 15.4. The van der Waals surface area contributed by atoms with Gasteiger partial charge in [0.05, 0.1) is 19.2 Å². The van der Waals surface area contributed by atoms with Crippen molar-refractivity contribution in [3.63, 3.8) is 0 Å². The predicted octanol–water partition coefficient (Wildman–Crippen LogP) is 1.62. The van der Waals surface area contributed by atoms with Gasteiger partial charge in [-0.3, -0.25) is 4.90 Å². The first-order valence-corrected chi connectivity index (χ1v) is 7.75. The minimum absolute atomic E-state index is 0.267. The molecule has 1 fully saturated rings. The van der Waals surface area contributed by atoms with E-state index in [0.29, 0.717) is 24.3 Å². The summed E-state index contributed by atoms with van der Waals surface area (Å²) in [6.45, 7) is 1.91. The van der Waals surface area contributed by atoms with Crippen LogP contribution >= 0.6 is 0 Å². The standard InChI is InChI=1S/C16H22N4O2/c17-10-16-18-15(19-22-16)11-20-8-4-7-13(20)9-14(21)12-5-2-1-3-6-12/h1-3,5-6,13-14,21H,4,7-11,17H2. The van der Waals surface area contributed by atoms with E-state index in [2.05, 4.69) is 15.0 Å². The molecule has 3 N–H and O–H groups in total. The predicted molar refractivity (Wildman–Crippen MR) is 81.6 cm³/mol. The molecule has 0 bridgehead atoms. The van der Waals surface area contributed by atoms with Gasteiger partial charge in [-0.1, -0.05) is 35.5 Å². The van der Waals surface area contributed by atoms with Crippen molar-refractivity contribution in [1.29, 1.82) is 0 Å². The van der Waals surface area contributed by atoms with Gasteiger partial charge in [0, 0.05) is 6.04 Å². The summed E-state index contributed by atoms with van der Waals surface area (Å²) in [5.74, 6) is 1.14. The van der Waals surface area contributed by atoms with E-state index in [-0.39, 0.29) is 6.54 Å². The number of hydrogen-bond donors (Lipinski definition) is 2. The minimum atomic E-state index is -0.434. The molecule has 6 heteroatoms. The average Bonchev–Trinajstić information content (AvgIpc) is 3.18. The lowest BCUT2D eigenvalue weighted by molar-refractivity contribution is 0.116. The zero-order valence-electron chi connectivity index (χ0n) is 12.6. The third-order valence-electron chi connectivity index (χ3n) is 4.21. The van der Waals surface area contributed by atoms with Crippen LogP contribution in [0.1, 0.15) is 42.6 Å². The van der Waals surface area contributed by atoms with Gasteiger partial charge in [-0.25, -0.2) is 0 Å². The zero-order valence-corrected chi connectivity index (χ0v) is 12.6. The van der Waals surface area contributed by atoms with Crippen molar-refractivity contribution in [1.82, 2.24) is 15.0 Å². The molecule has 1 saturated heterocycles. The molecule has 2 aromatic rings. The highest BCUT2D eigenvalue weighted by atomic mass is 16.5. The van der Waals surface area contributed by atoms with Crippen LogP contribution in [0, 0.1) is 0 Å². The molecule has 0 amide bonds. The van der Waals surface area contributed by atoms with E-state index in [1.54, 1.807) is 0 Å². The Hall–Kier alpha value is -1.76. The van der Waals surface area contributed by atoms with E-state index in [1.165, 1.54) is 0 Å². The topological polar surface area (TPSA) is 88.4 Å². The summed E-state index contributed by atoms with van der Waals surface area (Å²) in [5.41, 5.74) is 6.46. The van der Waals surface area contributed by atoms with Crippen LogP contribution in [0.15, 0.2) is 34.9 Å². The fourth-order valence-corrected chi connectivity index (χ4v) is 3.06. The molecule has 0 spiro atoms. The van der Waals surface area contributed by atoms with Crippen LogP contribution in [-0.2, 0) is 13.1 Å². The number of aliphatic hydroxyl groups excluding tert-OH is 1. The molecule has 118 valence electrons. The fourth-order valence-electron chi connectivity index (χ4n) is 3.06. The highest BCUT2D eigenvalue weighted by molar-refractivity contribution is 5.17. The van der Waals surface area contributed by atoms with E-state index >= 15 is 0 Å². The molecule has 0 aliphatic carbocycles. The largest absolute Gasteiger partial charge is 0.388 e. The van der Waals surface area contributed by atoms with Gasteiger partial charge in [-0.05, 0) is 31.4 Å². The van der Waals surface area contributed by atoms with Crippen LogP contribution in [0.5, 0.6) is 0 Å². The molecule has 2 atom stereocenters. The molecule has 2 unspecified atom stereocenters. The van der Waals surface area contributed by atoms with Crippen molar-refractivity contribution in [3.05, 3.63) is 47.6 Å². The summed E-state index contributed by atoms with van der Waals surface area (Å²) in [6.07, 6.45) is 2.52. The highest BCUT2D eigenvalue weighted by Crippen LogP contribution is 2.28. The van der Waals surface area contributed by atoms with E-state index < -0.39 is 6.10 Å². The van der Waals surface area contributed by atoms with Crippen molar-refractivity contribution >= 4 is 0 Å². The van der Waals surface area contributed by atoms with Crippen molar-refractivity contribution in [2.45, 2.75) is 44.5 Å². The van der Waals surface area contributed by atoms with Gasteiger partial charge in [0.2, 0.25) is 5.89 Å². The molecular weight excluding hydrogens is 280 g/mol. The Kier molecular flexibility index (Phi) is 4.82. The normalized spacial score (nSPS) is 20.4. The lowest BCUT2D eigenvalue weighted by Crippen LogP contribution is -2.30. The Morgan fingerprint density at radius 2 is 2.18 bits per heavy atom. The van der Waals surface area contributed by atoms with E-state index in [0.717, 1.165) is 31.4 Å². The van der Waals surface area contributed by atoms with Gasteiger partial charge in [0.25, 0.3) is 0 Å². The molecule has 2 heterocycles. The van der Waals surface area contributed by atoms with Crippen molar-refractivity contribution < 1.29 is 9.63 Å². The Morgan fingerprint density at radius 1 is 1.36 bits per heavy atom. The molecule has 22 heavy (non-hydrogen) atoms. The number of nitrogens with two attached hydrogens (primary N) is 1. The third-order valence-corrected chi connectivity index (χ3v) is 4.21. The first-order valence-electron chi connectivity index (χ1n) is 7.75. The monoisotopic (exact) mass is 302 g/mol. The average molecular weight is 302 g/mol.